The maximum atomic E-state index is 15.0. The monoisotopic (exact) mass is 644 g/mol. The largest absolute Gasteiger partial charge is 0.340 e. The van der Waals surface area contributed by atoms with Crippen LogP contribution in [0.1, 0.15) is 47.6 Å². The summed E-state index contributed by atoms with van der Waals surface area (Å²) in [6.07, 6.45) is 4.15. The number of nitrogens with zero attached hydrogens (tertiary/aromatic N) is 1. The second-order valence-electron chi connectivity index (χ2n) is 9.95. The Morgan fingerprint density at radius 1 is 1.05 bits per heavy atom. The number of halogens is 5. The highest BCUT2D eigenvalue weighted by molar-refractivity contribution is 7.92. The third-order valence-electron chi connectivity index (χ3n) is 7.46. The number of aryl methyl sites for hydroxylation is 1. The van der Waals surface area contributed by atoms with Gasteiger partial charge < -0.3 is 4.57 Å². The number of rotatable bonds is 6. The molecule has 6 rings (SSSR count). The van der Waals surface area contributed by atoms with Crippen molar-refractivity contribution in [3.05, 3.63) is 84.0 Å². The number of carbonyl (C=O) groups is 1. The van der Waals surface area contributed by atoms with Crippen molar-refractivity contribution in [1.82, 2.24) is 9.29 Å². The fourth-order valence-electron chi connectivity index (χ4n) is 5.59. The van der Waals surface area contributed by atoms with Crippen LogP contribution >= 0.6 is 57.7 Å². The minimum absolute atomic E-state index is 0.103. The fraction of sp³-hybridized carbons (Fsp3) is 0.296. The van der Waals surface area contributed by atoms with E-state index in [-0.39, 0.29) is 25.3 Å². The van der Waals surface area contributed by atoms with Crippen LogP contribution in [0.25, 0.3) is 10.9 Å². The van der Waals surface area contributed by atoms with E-state index >= 15 is 0 Å². The molecular weight excluding hydrogens is 625 g/mol. The molecule has 12 heteroatoms. The molecule has 5 nitrogen and oxygen atoms in total. The van der Waals surface area contributed by atoms with Gasteiger partial charge in [-0.15, -0.1) is 11.3 Å². The van der Waals surface area contributed by atoms with Gasteiger partial charge >= 0.3 is 0 Å². The summed E-state index contributed by atoms with van der Waals surface area (Å²) in [5, 5.41) is 2.03. The number of amides is 1. The van der Waals surface area contributed by atoms with Gasteiger partial charge in [-0.3, -0.25) is 4.79 Å². The lowest BCUT2D eigenvalue weighted by Gasteiger charge is -2.17. The Labute approximate surface area is 248 Å². The zero-order chi connectivity index (χ0) is 27.6. The van der Waals surface area contributed by atoms with Crippen LogP contribution in [-0.4, -0.2) is 18.9 Å². The van der Waals surface area contributed by atoms with E-state index in [1.165, 1.54) is 12.1 Å². The molecule has 1 saturated carbocycles. The number of benzene rings is 2. The molecule has 2 unspecified atom stereocenters. The van der Waals surface area contributed by atoms with Crippen LogP contribution in [0.4, 0.5) is 4.39 Å². The number of hydrogen-bond donors (Lipinski definition) is 1. The van der Waals surface area contributed by atoms with Crippen LogP contribution in [0.2, 0.25) is 19.4 Å². The van der Waals surface area contributed by atoms with Gasteiger partial charge in [-0.25, -0.2) is 17.5 Å². The number of aromatic nitrogens is 1. The van der Waals surface area contributed by atoms with Crippen LogP contribution in [0.5, 0.6) is 0 Å². The molecule has 0 aliphatic heterocycles. The van der Waals surface area contributed by atoms with E-state index in [1.54, 1.807) is 18.2 Å². The standard InChI is InChI=1S/C27H21Cl4FN2O3S2/c28-14-6-5-13(21(29)7-14)12-34-23-4-2-1-3-16(23)18-8-15(32)9-19(25(18)34)17-10-20(17)27(35)33-39(36,37)24-11-22(30)26(31)38-24/h5-9,11,17,20H,1-4,10,12H2,(H,33,35). The van der Waals surface area contributed by atoms with Crippen molar-refractivity contribution in [1.29, 1.82) is 0 Å². The van der Waals surface area contributed by atoms with E-state index in [2.05, 4.69) is 9.29 Å². The Hall–Kier alpha value is -1.81. The zero-order valence-corrected chi connectivity index (χ0v) is 24.9. The van der Waals surface area contributed by atoms with Crippen LogP contribution in [-0.2, 0) is 34.2 Å². The number of thiophene rings is 1. The summed E-state index contributed by atoms with van der Waals surface area (Å²) >= 11 is 25.2. The summed E-state index contributed by atoms with van der Waals surface area (Å²) in [6, 6.07) is 9.62. The first kappa shape index (κ1) is 27.4. The Bertz CT molecular complexity index is 1750. The zero-order valence-electron chi connectivity index (χ0n) is 20.2. The first-order valence-electron chi connectivity index (χ1n) is 12.3. The van der Waals surface area contributed by atoms with Crippen LogP contribution < -0.4 is 4.72 Å². The third kappa shape index (κ3) is 5.09. The molecular formula is C27H21Cl4FN2O3S2. The van der Waals surface area contributed by atoms with Gasteiger partial charge in [0.05, 0.1) is 10.5 Å². The molecule has 1 N–H and O–H groups in total. The maximum absolute atomic E-state index is 15.0. The quantitative estimate of drug-likeness (QED) is 0.231. The predicted octanol–water partition coefficient (Wildman–Crippen LogP) is 7.99. The van der Waals surface area contributed by atoms with Crippen molar-refractivity contribution >= 4 is 84.6 Å². The molecule has 2 heterocycles. The number of carbonyl (C=O) groups excluding carboxylic acids is 1. The fourth-order valence-corrected chi connectivity index (χ4v) is 8.96. The summed E-state index contributed by atoms with van der Waals surface area (Å²) in [5.41, 5.74) is 4.71. The molecule has 2 aromatic heterocycles. The Morgan fingerprint density at radius 2 is 1.82 bits per heavy atom. The second kappa shape index (κ2) is 10.2. The van der Waals surface area contributed by atoms with Crippen molar-refractivity contribution in [3.8, 4) is 0 Å². The Balaban J connectivity index is 1.37. The van der Waals surface area contributed by atoms with Gasteiger partial charge in [0.15, 0.2) is 0 Å². The lowest BCUT2D eigenvalue weighted by atomic mass is 9.94. The first-order valence-corrected chi connectivity index (χ1v) is 16.1. The molecule has 2 atom stereocenters. The SMILES string of the molecule is O=C(NS(=O)(=O)c1cc(Cl)c(Cl)s1)C1CC1c1cc(F)cc2c3c(n(Cc4ccc(Cl)cc4Cl)c12)CCCC3. The van der Waals surface area contributed by atoms with Gasteiger partial charge in [0.25, 0.3) is 10.0 Å². The van der Waals surface area contributed by atoms with E-state index < -0.39 is 21.8 Å². The summed E-state index contributed by atoms with van der Waals surface area (Å²) in [4.78, 5) is 13.1. The maximum Gasteiger partial charge on any atom is 0.273 e. The van der Waals surface area contributed by atoms with Gasteiger partial charge in [0.1, 0.15) is 14.4 Å². The van der Waals surface area contributed by atoms with E-state index in [4.69, 9.17) is 46.4 Å². The molecule has 0 saturated heterocycles. The number of fused-ring (bicyclic) bond motifs is 3. The predicted molar refractivity (Wildman–Crippen MR) is 155 cm³/mol. The summed E-state index contributed by atoms with van der Waals surface area (Å²) in [5.74, 6) is -1.96. The normalized spacial score (nSPS) is 18.8. The van der Waals surface area contributed by atoms with E-state index in [9.17, 15) is 17.6 Å². The van der Waals surface area contributed by atoms with Crippen LogP contribution in [0.3, 0.4) is 0 Å². The smallest absolute Gasteiger partial charge is 0.273 e. The van der Waals surface area contributed by atoms with Crippen molar-refractivity contribution < 1.29 is 17.6 Å². The van der Waals surface area contributed by atoms with E-state index in [0.717, 1.165) is 64.7 Å². The molecule has 0 bridgehead atoms. The van der Waals surface area contributed by atoms with Crippen molar-refractivity contribution in [2.24, 2.45) is 5.92 Å². The van der Waals surface area contributed by atoms with E-state index in [1.807, 2.05) is 6.07 Å². The van der Waals surface area contributed by atoms with Crippen LogP contribution in [0.15, 0.2) is 40.6 Å². The molecule has 1 fully saturated rings. The number of sulfonamides is 1. The van der Waals surface area contributed by atoms with E-state index in [0.29, 0.717) is 28.6 Å². The van der Waals surface area contributed by atoms with Gasteiger partial charge in [0, 0.05) is 33.6 Å². The third-order valence-corrected chi connectivity index (χ3v) is 11.7. The minimum atomic E-state index is -4.14. The minimum Gasteiger partial charge on any atom is -0.340 e. The molecule has 2 aromatic carbocycles. The van der Waals surface area contributed by atoms with Gasteiger partial charge in [-0.1, -0.05) is 52.5 Å². The Kier molecular flexibility index (Phi) is 7.18. The molecule has 204 valence electrons. The molecule has 4 aromatic rings. The molecule has 2 aliphatic rings. The molecule has 1 amide bonds. The summed E-state index contributed by atoms with van der Waals surface area (Å²) in [6.45, 7) is 0.471. The highest BCUT2D eigenvalue weighted by atomic mass is 35.5. The lowest BCUT2D eigenvalue weighted by molar-refractivity contribution is -0.120. The highest BCUT2D eigenvalue weighted by Gasteiger charge is 2.47. The first-order chi connectivity index (χ1) is 18.5. The number of hydrogen-bond acceptors (Lipinski definition) is 4. The lowest BCUT2D eigenvalue weighted by Crippen LogP contribution is -2.31. The van der Waals surface area contributed by atoms with Crippen molar-refractivity contribution in [3.63, 3.8) is 0 Å². The molecule has 2 aliphatic carbocycles. The molecule has 39 heavy (non-hydrogen) atoms. The highest BCUT2D eigenvalue weighted by Crippen LogP contribution is 2.51. The Morgan fingerprint density at radius 3 is 2.54 bits per heavy atom. The van der Waals surface area contributed by atoms with Gasteiger partial charge in [-0.2, -0.15) is 0 Å². The molecule has 0 spiro atoms. The van der Waals surface area contributed by atoms with Gasteiger partial charge in [0.2, 0.25) is 5.91 Å². The topological polar surface area (TPSA) is 68.2 Å². The summed E-state index contributed by atoms with van der Waals surface area (Å²) in [7, 11) is -4.14. The number of nitrogens with one attached hydrogen (secondary N) is 1. The van der Waals surface area contributed by atoms with Crippen LogP contribution in [0, 0.1) is 11.7 Å². The second-order valence-corrected chi connectivity index (χ2v) is 14.8. The average Bonchev–Trinajstić information content (AvgIpc) is 3.53. The summed E-state index contributed by atoms with van der Waals surface area (Å²) < 4.78 is 44.9. The van der Waals surface area contributed by atoms with Crippen molar-refractivity contribution in [2.45, 2.75) is 48.8 Å². The van der Waals surface area contributed by atoms with Gasteiger partial charge in [-0.05, 0) is 85.0 Å². The molecule has 0 radical (unpaired) electrons. The average molecular weight is 646 g/mol. The van der Waals surface area contributed by atoms with Crippen molar-refractivity contribution in [2.75, 3.05) is 0 Å².